The van der Waals surface area contributed by atoms with Crippen LogP contribution in [0.25, 0.3) is 10.8 Å². The first kappa shape index (κ1) is 19.4. The Hall–Kier alpha value is -2.97. The van der Waals surface area contributed by atoms with E-state index in [1.165, 1.54) is 18.4 Å². The molecule has 2 aromatic carbocycles. The number of fused-ring (bicyclic) bond motifs is 2. The molecule has 8 heteroatoms. The number of thiocarbonyl (C=S) groups is 1. The Morgan fingerprint density at radius 1 is 1.17 bits per heavy atom. The van der Waals surface area contributed by atoms with Crippen LogP contribution < -0.4 is 21.1 Å². The van der Waals surface area contributed by atoms with Crippen LogP contribution >= 0.6 is 23.6 Å². The summed E-state index contributed by atoms with van der Waals surface area (Å²) < 4.78 is 5.38. The van der Waals surface area contributed by atoms with E-state index in [2.05, 4.69) is 10.6 Å². The van der Waals surface area contributed by atoms with Gasteiger partial charge in [0.1, 0.15) is 10.8 Å². The Morgan fingerprint density at radius 3 is 2.59 bits per heavy atom. The molecule has 4 N–H and O–H groups in total. The van der Waals surface area contributed by atoms with Gasteiger partial charge in [-0.25, -0.2) is 0 Å². The molecular weight excluding hydrogens is 406 g/mol. The average molecular weight is 426 g/mol. The van der Waals surface area contributed by atoms with E-state index < -0.39 is 11.8 Å². The van der Waals surface area contributed by atoms with E-state index in [0.717, 1.165) is 40.5 Å². The van der Waals surface area contributed by atoms with Gasteiger partial charge in [-0.2, -0.15) is 0 Å². The van der Waals surface area contributed by atoms with Crippen LogP contribution in [0.1, 0.15) is 37.6 Å². The van der Waals surface area contributed by atoms with Crippen molar-refractivity contribution < 1.29 is 14.3 Å². The van der Waals surface area contributed by atoms with E-state index in [4.69, 9.17) is 22.7 Å². The van der Waals surface area contributed by atoms with Gasteiger partial charge in [0.2, 0.25) is 0 Å². The Kier molecular flexibility index (Phi) is 5.21. The standard InChI is InChI=1S/C21H19N3O3S2/c1-27-15-10-12-6-3-2-5-11(12)9-14(15)19(26)23-21(28)24-20-17(18(22)25)13-7-4-8-16(13)29-20/h2-3,5-6,9-10H,4,7-8H2,1H3,(H2,22,25)(H2,23,24,26,28). The molecule has 0 saturated heterocycles. The molecule has 6 nitrogen and oxygen atoms in total. The van der Waals surface area contributed by atoms with Gasteiger partial charge in [0.15, 0.2) is 5.11 Å². The van der Waals surface area contributed by atoms with Gasteiger partial charge in [0.25, 0.3) is 11.8 Å². The van der Waals surface area contributed by atoms with E-state index in [9.17, 15) is 9.59 Å². The summed E-state index contributed by atoms with van der Waals surface area (Å²) in [5, 5.41) is 8.22. The van der Waals surface area contributed by atoms with Gasteiger partial charge in [-0.05, 0) is 59.9 Å². The molecule has 29 heavy (non-hydrogen) atoms. The molecule has 3 aromatic rings. The lowest BCUT2D eigenvalue weighted by Gasteiger charge is -2.13. The predicted octanol–water partition coefficient (Wildman–Crippen LogP) is 3.62. The molecule has 0 unspecified atom stereocenters. The van der Waals surface area contributed by atoms with Crippen LogP contribution in [0.15, 0.2) is 36.4 Å². The second-order valence-corrected chi connectivity index (χ2v) is 8.25. The number of nitrogens with two attached hydrogens (primary N) is 1. The van der Waals surface area contributed by atoms with Crippen molar-refractivity contribution >= 4 is 56.3 Å². The van der Waals surface area contributed by atoms with Crippen molar-refractivity contribution in [3.8, 4) is 5.75 Å². The quantitative estimate of drug-likeness (QED) is 0.555. The van der Waals surface area contributed by atoms with Crippen LogP contribution in [-0.4, -0.2) is 24.0 Å². The van der Waals surface area contributed by atoms with Crippen molar-refractivity contribution in [1.82, 2.24) is 5.32 Å². The highest BCUT2D eigenvalue weighted by molar-refractivity contribution is 7.80. The summed E-state index contributed by atoms with van der Waals surface area (Å²) in [6.45, 7) is 0. The van der Waals surface area contributed by atoms with Crippen molar-refractivity contribution in [2.75, 3.05) is 12.4 Å². The maximum Gasteiger partial charge on any atom is 0.261 e. The van der Waals surface area contributed by atoms with Crippen molar-refractivity contribution in [3.05, 3.63) is 58.0 Å². The van der Waals surface area contributed by atoms with Crippen LogP contribution in [0, 0.1) is 0 Å². The number of carbonyl (C=O) groups is 2. The van der Waals surface area contributed by atoms with Crippen LogP contribution in [0.3, 0.4) is 0 Å². The van der Waals surface area contributed by atoms with Gasteiger partial charge in [0, 0.05) is 4.88 Å². The number of ether oxygens (including phenoxy) is 1. The number of rotatable bonds is 4. The first-order valence-electron chi connectivity index (χ1n) is 9.11. The second-order valence-electron chi connectivity index (χ2n) is 6.73. The molecule has 1 aliphatic rings. The van der Waals surface area contributed by atoms with Gasteiger partial charge in [-0.3, -0.25) is 14.9 Å². The summed E-state index contributed by atoms with van der Waals surface area (Å²) in [5.74, 6) is -0.427. The molecule has 0 fully saturated rings. The van der Waals surface area contributed by atoms with Crippen LogP contribution in [0.4, 0.5) is 5.00 Å². The molecule has 0 aliphatic heterocycles. The van der Waals surface area contributed by atoms with E-state index in [1.807, 2.05) is 30.3 Å². The van der Waals surface area contributed by atoms with Crippen molar-refractivity contribution in [2.45, 2.75) is 19.3 Å². The molecule has 0 spiro atoms. The molecule has 1 heterocycles. The fraction of sp³-hybridized carbons (Fsp3) is 0.190. The smallest absolute Gasteiger partial charge is 0.261 e. The summed E-state index contributed by atoms with van der Waals surface area (Å²) in [7, 11) is 1.52. The predicted molar refractivity (Wildman–Crippen MR) is 119 cm³/mol. The highest BCUT2D eigenvalue weighted by Gasteiger charge is 2.26. The van der Waals surface area contributed by atoms with Crippen LogP contribution in [0.2, 0.25) is 0 Å². The summed E-state index contributed by atoms with van der Waals surface area (Å²) in [5.41, 5.74) is 7.42. The molecule has 4 rings (SSSR count). The van der Waals surface area contributed by atoms with Gasteiger partial charge >= 0.3 is 0 Å². The molecule has 2 amide bonds. The second kappa shape index (κ2) is 7.81. The molecule has 0 radical (unpaired) electrons. The van der Waals surface area contributed by atoms with E-state index in [-0.39, 0.29) is 5.11 Å². The average Bonchev–Trinajstić information content (AvgIpc) is 3.27. The molecule has 0 atom stereocenters. The Labute approximate surface area is 177 Å². The molecule has 0 bridgehead atoms. The highest BCUT2D eigenvalue weighted by atomic mass is 32.1. The number of amides is 2. The zero-order valence-corrected chi connectivity index (χ0v) is 17.3. The number of anilines is 1. The third kappa shape index (κ3) is 3.68. The lowest BCUT2D eigenvalue weighted by atomic mass is 10.1. The van der Waals surface area contributed by atoms with E-state index in [0.29, 0.717) is 21.9 Å². The van der Waals surface area contributed by atoms with Gasteiger partial charge in [-0.1, -0.05) is 24.3 Å². The summed E-state index contributed by atoms with van der Waals surface area (Å²) >= 11 is 6.77. The summed E-state index contributed by atoms with van der Waals surface area (Å²) in [6, 6.07) is 11.3. The lowest BCUT2D eigenvalue weighted by molar-refractivity contribution is 0.0973. The van der Waals surface area contributed by atoms with Crippen molar-refractivity contribution in [3.63, 3.8) is 0 Å². The highest BCUT2D eigenvalue weighted by Crippen LogP contribution is 2.38. The largest absolute Gasteiger partial charge is 0.496 e. The molecule has 1 aliphatic carbocycles. The minimum atomic E-state index is -0.489. The maximum atomic E-state index is 12.8. The van der Waals surface area contributed by atoms with Gasteiger partial charge < -0.3 is 15.8 Å². The fourth-order valence-corrected chi connectivity index (χ4v) is 5.18. The van der Waals surface area contributed by atoms with Gasteiger partial charge in [0.05, 0.1) is 18.2 Å². The van der Waals surface area contributed by atoms with E-state index in [1.54, 1.807) is 6.07 Å². The molecule has 1 aromatic heterocycles. The maximum absolute atomic E-state index is 12.8. The van der Waals surface area contributed by atoms with Crippen LogP contribution in [-0.2, 0) is 12.8 Å². The number of primary amides is 1. The Bertz CT molecular complexity index is 1150. The number of nitrogens with one attached hydrogen (secondary N) is 2. The van der Waals surface area contributed by atoms with Crippen LogP contribution in [0.5, 0.6) is 5.75 Å². The zero-order chi connectivity index (χ0) is 20.5. The molecular formula is C21H19N3O3S2. The van der Waals surface area contributed by atoms with Crippen molar-refractivity contribution in [1.29, 1.82) is 0 Å². The Balaban J connectivity index is 1.56. The number of aryl methyl sites for hydroxylation is 1. The number of methoxy groups -OCH3 is 1. The first-order chi connectivity index (χ1) is 14.0. The molecule has 0 saturated carbocycles. The zero-order valence-electron chi connectivity index (χ0n) is 15.7. The summed E-state index contributed by atoms with van der Waals surface area (Å²) in [6.07, 6.45) is 2.78. The number of benzene rings is 2. The number of hydrogen-bond acceptors (Lipinski definition) is 5. The normalized spacial score (nSPS) is 12.4. The molecule has 148 valence electrons. The third-order valence-corrected chi connectivity index (χ3v) is 6.35. The fourth-order valence-electron chi connectivity index (χ4n) is 3.62. The number of hydrogen-bond donors (Lipinski definition) is 3. The lowest BCUT2D eigenvalue weighted by Crippen LogP contribution is -2.34. The van der Waals surface area contributed by atoms with Gasteiger partial charge in [-0.15, -0.1) is 11.3 Å². The minimum absolute atomic E-state index is 0.104. The number of carbonyl (C=O) groups excluding carboxylic acids is 2. The minimum Gasteiger partial charge on any atom is -0.496 e. The van der Waals surface area contributed by atoms with Crippen molar-refractivity contribution in [2.24, 2.45) is 5.73 Å². The third-order valence-electron chi connectivity index (χ3n) is 4.93. The summed E-state index contributed by atoms with van der Waals surface area (Å²) in [4.78, 5) is 25.9. The topological polar surface area (TPSA) is 93.4 Å². The monoisotopic (exact) mass is 425 g/mol. The Morgan fingerprint density at radius 2 is 1.90 bits per heavy atom. The number of thiophene rings is 1. The first-order valence-corrected chi connectivity index (χ1v) is 10.3. The van der Waals surface area contributed by atoms with E-state index >= 15 is 0 Å². The SMILES string of the molecule is COc1cc2ccccc2cc1C(=O)NC(=S)Nc1sc2c(c1C(N)=O)CCC2.